The molecule has 6 heteroatoms. The second-order valence-corrected chi connectivity index (χ2v) is 6.97. The summed E-state index contributed by atoms with van der Waals surface area (Å²) in [5.41, 5.74) is 11.6. The van der Waals surface area contributed by atoms with Gasteiger partial charge in [0.25, 0.3) is 5.69 Å². The summed E-state index contributed by atoms with van der Waals surface area (Å²) in [4.78, 5) is 15.4. The number of hydrogen-bond acceptors (Lipinski definition) is 5. The van der Waals surface area contributed by atoms with E-state index in [0.29, 0.717) is 18.5 Å². The Labute approximate surface area is 150 Å². The molecule has 3 aromatic rings. The van der Waals surface area contributed by atoms with Crippen molar-refractivity contribution in [2.24, 2.45) is 5.73 Å². The van der Waals surface area contributed by atoms with Crippen molar-refractivity contribution in [3.05, 3.63) is 79.2 Å². The summed E-state index contributed by atoms with van der Waals surface area (Å²) in [6.07, 6.45) is 0.677. The zero-order chi connectivity index (χ0) is 18.0. The lowest BCUT2D eigenvalue weighted by atomic mass is 10.0. The van der Waals surface area contributed by atoms with E-state index < -0.39 is 0 Å². The number of nitro benzene ring substituents is 1. The van der Waals surface area contributed by atoms with Crippen molar-refractivity contribution >= 4 is 17.0 Å². The predicted octanol–water partition coefficient (Wildman–Crippen LogP) is 4.38. The molecule has 1 aromatic heterocycles. The Hall–Kier alpha value is -2.57. The summed E-state index contributed by atoms with van der Waals surface area (Å²) in [7, 11) is 0. The van der Waals surface area contributed by atoms with Gasteiger partial charge < -0.3 is 5.73 Å². The first-order valence-electron chi connectivity index (χ1n) is 7.96. The van der Waals surface area contributed by atoms with Crippen molar-refractivity contribution < 1.29 is 4.92 Å². The highest BCUT2D eigenvalue weighted by Crippen LogP contribution is 2.27. The molecule has 0 aliphatic heterocycles. The summed E-state index contributed by atoms with van der Waals surface area (Å²) < 4.78 is 0. The summed E-state index contributed by atoms with van der Waals surface area (Å²) in [5, 5.41) is 14.1. The highest BCUT2D eigenvalue weighted by atomic mass is 32.1. The van der Waals surface area contributed by atoms with Gasteiger partial charge in [-0.1, -0.05) is 24.3 Å². The monoisotopic (exact) mass is 353 g/mol. The van der Waals surface area contributed by atoms with Crippen molar-refractivity contribution in [2.45, 2.75) is 26.8 Å². The molecule has 0 unspecified atom stereocenters. The van der Waals surface area contributed by atoms with Crippen LogP contribution < -0.4 is 5.73 Å². The van der Waals surface area contributed by atoms with E-state index in [4.69, 9.17) is 10.7 Å². The normalized spacial score (nSPS) is 10.8. The average Bonchev–Trinajstić information content (AvgIpc) is 3.06. The molecular formula is C19H19N3O2S. The number of benzene rings is 2. The van der Waals surface area contributed by atoms with E-state index in [1.54, 1.807) is 24.3 Å². The van der Waals surface area contributed by atoms with E-state index in [2.05, 4.69) is 0 Å². The quantitative estimate of drug-likeness (QED) is 0.545. The van der Waals surface area contributed by atoms with Gasteiger partial charge in [-0.3, -0.25) is 10.1 Å². The lowest BCUT2D eigenvalue weighted by molar-refractivity contribution is -0.385. The SMILES string of the molecule is Cc1cc([N+](=O)[O-])c(C)cc1Cc1nc(-c2ccc(CN)cc2)cs1. The van der Waals surface area contributed by atoms with Gasteiger partial charge in [0.1, 0.15) is 0 Å². The highest BCUT2D eigenvalue weighted by Gasteiger charge is 2.14. The number of rotatable bonds is 5. The van der Waals surface area contributed by atoms with Crippen LogP contribution in [0.1, 0.15) is 27.3 Å². The van der Waals surface area contributed by atoms with Crippen LogP contribution in [-0.2, 0) is 13.0 Å². The Balaban J connectivity index is 1.83. The molecule has 0 aliphatic rings. The molecule has 2 aromatic carbocycles. The molecule has 5 nitrogen and oxygen atoms in total. The number of nitro groups is 1. The van der Waals surface area contributed by atoms with Gasteiger partial charge in [0, 0.05) is 35.5 Å². The van der Waals surface area contributed by atoms with E-state index in [0.717, 1.165) is 33.0 Å². The van der Waals surface area contributed by atoms with Crippen LogP contribution in [0.25, 0.3) is 11.3 Å². The molecule has 3 rings (SSSR count). The predicted molar refractivity (Wildman–Crippen MR) is 101 cm³/mol. The van der Waals surface area contributed by atoms with Gasteiger partial charge in [0.15, 0.2) is 0 Å². The van der Waals surface area contributed by atoms with Crippen LogP contribution in [-0.4, -0.2) is 9.91 Å². The second kappa shape index (κ2) is 7.13. The van der Waals surface area contributed by atoms with Gasteiger partial charge in [-0.2, -0.15) is 0 Å². The van der Waals surface area contributed by atoms with Crippen molar-refractivity contribution in [1.82, 2.24) is 4.98 Å². The van der Waals surface area contributed by atoms with E-state index in [1.807, 2.05) is 42.6 Å². The van der Waals surface area contributed by atoms with E-state index in [1.165, 1.54) is 0 Å². The standard InChI is InChI=1S/C19H19N3O2S/c1-12-8-18(22(23)24)13(2)7-16(12)9-19-21-17(11-25-19)15-5-3-14(10-20)4-6-15/h3-8,11H,9-10,20H2,1-2H3. The van der Waals surface area contributed by atoms with Crippen LogP contribution in [0.3, 0.4) is 0 Å². The Morgan fingerprint density at radius 3 is 2.52 bits per heavy atom. The number of nitrogens with two attached hydrogens (primary N) is 1. The molecule has 0 fully saturated rings. The van der Waals surface area contributed by atoms with E-state index in [-0.39, 0.29) is 10.6 Å². The van der Waals surface area contributed by atoms with Gasteiger partial charge in [-0.05, 0) is 36.6 Å². The lowest BCUT2D eigenvalue weighted by Crippen LogP contribution is -1.98. The molecule has 0 spiro atoms. The van der Waals surface area contributed by atoms with Crippen molar-refractivity contribution in [3.63, 3.8) is 0 Å². The molecule has 25 heavy (non-hydrogen) atoms. The molecule has 0 saturated heterocycles. The van der Waals surface area contributed by atoms with Gasteiger partial charge >= 0.3 is 0 Å². The zero-order valence-electron chi connectivity index (χ0n) is 14.2. The van der Waals surface area contributed by atoms with Crippen molar-refractivity contribution in [1.29, 1.82) is 0 Å². The molecule has 1 heterocycles. The second-order valence-electron chi connectivity index (χ2n) is 6.03. The summed E-state index contributed by atoms with van der Waals surface area (Å²) in [6.45, 7) is 4.20. The van der Waals surface area contributed by atoms with Gasteiger partial charge in [0.05, 0.1) is 15.6 Å². The number of hydrogen-bond donors (Lipinski definition) is 1. The smallest absolute Gasteiger partial charge is 0.272 e. The third-order valence-electron chi connectivity index (χ3n) is 4.23. The third kappa shape index (κ3) is 3.75. The molecule has 0 bridgehead atoms. The van der Waals surface area contributed by atoms with E-state index >= 15 is 0 Å². The largest absolute Gasteiger partial charge is 0.326 e. The Kier molecular flexibility index (Phi) is 4.92. The summed E-state index contributed by atoms with van der Waals surface area (Å²) in [6, 6.07) is 11.6. The van der Waals surface area contributed by atoms with Gasteiger partial charge in [0.2, 0.25) is 0 Å². The number of thiazole rings is 1. The summed E-state index contributed by atoms with van der Waals surface area (Å²) >= 11 is 1.60. The number of nitrogens with zero attached hydrogens (tertiary/aromatic N) is 2. The van der Waals surface area contributed by atoms with Crippen LogP contribution in [0.4, 0.5) is 5.69 Å². The molecule has 0 aliphatic carbocycles. The van der Waals surface area contributed by atoms with Crippen LogP contribution >= 0.6 is 11.3 Å². The van der Waals surface area contributed by atoms with E-state index in [9.17, 15) is 10.1 Å². The average molecular weight is 353 g/mol. The first kappa shape index (κ1) is 17.3. The number of aromatic nitrogens is 1. The molecule has 0 saturated carbocycles. The maximum atomic E-state index is 11.0. The topological polar surface area (TPSA) is 82.0 Å². The maximum Gasteiger partial charge on any atom is 0.272 e. The Bertz CT molecular complexity index is 917. The van der Waals surface area contributed by atoms with Crippen LogP contribution in [0.5, 0.6) is 0 Å². The van der Waals surface area contributed by atoms with Gasteiger partial charge in [-0.25, -0.2) is 4.98 Å². The molecule has 2 N–H and O–H groups in total. The third-order valence-corrected chi connectivity index (χ3v) is 5.08. The minimum Gasteiger partial charge on any atom is -0.326 e. The van der Waals surface area contributed by atoms with Gasteiger partial charge in [-0.15, -0.1) is 11.3 Å². The van der Waals surface area contributed by atoms with Crippen molar-refractivity contribution in [2.75, 3.05) is 0 Å². The fraction of sp³-hybridized carbons (Fsp3) is 0.211. The van der Waals surface area contributed by atoms with Crippen LogP contribution in [0, 0.1) is 24.0 Å². The molecular weight excluding hydrogens is 334 g/mol. The van der Waals surface area contributed by atoms with Crippen LogP contribution in [0.2, 0.25) is 0 Å². The maximum absolute atomic E-state index is 11.0. The summed E-state index contributed by atoms with van der Waals surface area (Å²) in [5.74, 6) is 0. The Morgan fingerprint density at radius 1 is 1.16 bits per heavy atom. The Morgan fingerprint density at radius 2 is 1.88 bits per heavy atom. The lowest BCUT2D eigenvalue weighted by Gasteiger charge is -2.06. The zero-order valence-corrected chi connectivity index (χ0v) is 15.0. The fourth-order valence-electron chi connectivity index (χ4n) is 2.75. The fourth-order valence-corrected chi connectivity index (χ4v) is 3.57. The highest BCUT2D eigenvalue weighted by molar-refractivity contribution is 7.10. The molecule has 0 atom stereocenters. The molecule has 0 amide bonds. The first-order valence-corrected chi connectivity index (χ1v) is 8.84. The van der Waals surface area contributed by atoms with Crippen LogP contribution in [0.15, 0.2) is 41.8 Å². The minimum absolute atomic E-state index is 0.168. The molecule has 0 radical (unpaired) electrons. The minimum atomic E-state index is -0.335. The first-order chi connectivity index (χ1) is 12.0. The molecule has 128 valence electrons. The van der Waals surface area contributed by atoms with Crippen molar-refractivity contribution in [3.8, 4) is 11.3 Å². The number of aryl methyl sites for hydroxylation is 2.